The van der Waals surface area contributed by atoms with Gasteiger partial charge in [-0.1, -0.05) is 15.9 Å². The molecular weight excluding hydrogens is 288 g/mol. The molecule has 1 heterocycles. The molecular formula is C11H13BrN2O3. The average molecular weight is 301 g/mol. The van der Waals surface area contributed by atoms with Crippen molar-refractivity contribution in [2.45, 2.75) is 0 Å². The van der Waals surface area contributed by atoms with Crippen LogP contribution in [0.3, 0.4) is 0 Å². The highest BCUT2D eigenvalue weighted by atomic mass is 79.9. The van der Waals surface area contributed by atoms with Gasteiger partial charge in [0.05, 0.1) is 18.8 Å². The fourth-order valence-electron chi connectivity index (χ4n) is 1.57. The molecule has 1 aromatic carbocycles. The Morgan fingerprint density at radius 1 is 1.41 bits per heavy atom. The second-order valence-corrected chi connectivity index (χ2v) is 4.62. The van der Waals surface area contributed by atoms with E-state index in [2.05, 4.69) is 21.4 Å². The van der Waals surface area contributed by atoms with E-state index in [1.807, 2.05) is 0 Å². The second-order valence-electron chi connectivity index (χ2n) is 3.70. The summed E-state index contributed by atoms with van der Waals surface area (Å²) in [6, 6.07) is 4.75. The summed E-state index contributed by atoms with van der Waals surface area (Å²) in [4.78, 5) is 11.9. The van der Waals surface area contributed by atoms with Crippen LogP contribution in [-0.2, 0) is 4.74 Å². The van der Waals surface area contributed by atoms with Crippen molar-refractivity contribution in [3.63, 3.8) is 0 Å². The van der Waals surface area contributed by atoms with Gasteiger partial charge in [-0.05, 0) is 18.2 Å². The lowest BCUT2D eigenvalue weighted by Gasteiger charge is -2.27. The Hall–Kier alpha value is -1.11. The van der Waals surface area contributed by atoms with Crippen LogP contribution in [0.4, 0.5) is 0 Å². The molecule has 5 nitrogen and oxygen atoms in total. The van der Waals surface area contributed by atoms with Gasteiger partial charge in [0.2, 0.25) is 0 Å². The lowest BCUT2D eigenvalue weighted by atomic mass is 10.2. The minimum atomic E-state index is -0.314. The molecule has 6 heteroatoms. The number of carbonyl (C=O) groups is 1. The first kappa shape index (κ1) is 12.3. The van der Waals surface area contributed by atoms with Crippen LogP contribution in [0.2, 0.25) is 0 Å². The first-order valence-electron chi connectivity index (χ1n) is 5.29. The molecule has 92 valence electrons. The summed E-state index contributed by atoms with van der Waals surface area (Å²) in [5.74, 6) is -0.343. The molecule has 2 N–H and O–H groups in total. The lowest BCUT2D eigenvalue weighted by Crippen LogP contribution is -2.48. The van der Waals surface area contributed by atoms with Crippen LogP contribution in [0.5, 0.6) is 5.75 Å². The molecule has 0 saturated carbocycles. The van der Waals surface area contributed by atoms with Crippen molar-refractivity contribution in [1.29, 1.82) is 0 Å². The molecule has 1 aliphatic heterocycles. The number of benzene rings is 1. The predicted molar refractivity (Wildman–Crippen MR) is 65.7 cm³/mol. The van der Waals surface area contributed by atoms with Gasteiger partial charge in [-0.15, -0.1) is 0 Å². The quantitative estimate of drug-likeness (QED) is 0.860. The summed E-state index contributed by atoms with van der Waals surface area (Å²) in [5, 5.41) is 11.4. The van der Waals surface area contributed by atoms with E-state index in [1.165, 1.54) is 6.07 Å². The van der Waals surface area contributed by atoms with Crippen LogP contribution < -0.4 is 5.43 Å². The number of aromatic hydroxyl groups is 1. The third-order valence-corrected chi connectivity index (χ3v) is 2.97. The minimum absolute atomic E-state index is 0.0287. The van der Waals surface area contributed by atoms with Crippen molar-refractivity contribution in [1.82, 2.24) is 10.4 Å². The molecule has 0 bridgehead atoms. The minimum Gasteiger partial charge on any atom is -0.507 e. The third kappa shape index (κ3) is 3.18. The summed E-state index contributed by atoms with van der Waals surface area (Å²) >= 11 is 3.27. The number of carbonyl (C=O) groups excluding carboxylic acids is 1. The number of nitrogens with one attached hydrogen (secondary N) is 1. The summed E-state index contributed by atoms with van der Waals surface area (Å²) in [7, 11) is 0. The Kier molecular flexibility index (Phi) is 3.98. The molecule has 0 spiro atoms. The zero-order chi connectivity index (χ0) is 12.3. The van der Waals surface area contributed by atoms with Crippen molar-refractivity contribution in [2.24, 2.45) is 0 Å². The maximum atomic E-state index is 11.9. The van der Waals surface area contributed by atoms with Gasteiger partial charge in [0.1, 0.15) is 5.75 Å². The number of rotatable bonds is 2. The molecule has 0 aliphatic carbocycles. The van der Waals surface area contributed by atoms with E-state index in [1.54, 1.807) is 17.1 Å². The van der Waals surface area contributed by atoms with Crippen LogP contribution in [0.25, 0.3) is 0 Å². The molecule has 2 rings (SSSR count). The fraction of sp³-hybridized carbons (Fsp3) is 0.364. The Bertz CT molecular complexity index is 419. The number of morpholine rings is 1. The number of nitrogens with zero attached hydrogens (tertiary/aromatic N) is 1. The van der Waals surface area contributed by atoms with E-state index < -0.39 is 0 Å². The SMILES string of the molecule is O=C(NN1CCOCC1)c1cc(Br)ccc1O. The molecule has 0 aromatic heterocycles. The molecule has 0 unspecified atom stereocenters. The normalized spacial score (nSPS) is 16.8. The van der Waals surface area contributed by atoms with Gasteiger partial charge in [-0.2, -0.15) is 0 Å². The van der Waals surface area contributed by atoms with Gasteiger partial charge >= 0.3 is 0 Å². The summed E-state index contributed by atoms with van der Waals surface area (Å²) in [6.45, 7) is 2.51. The molecule has 0 radical (unpaired) electrons. The topological polar surface area (TPSA) is 61.8 Å². The van der Waals surface area contributed by atoms with Gasteiger partial charge in [0.15, 0.2) is 0 Å². The van der Waals surface area contributed by atoms with Crippen molar-refractivity contribution in [2.75, 3.05) is 26.3 Å². The maximum Gasteiger partial charge on any atom is 0.269 e. The Morgan fingerprint density at radius 2 is 2.12 bits per heavy atom. The molecule has 1 saturated heterocycles. The average Bonchev–Trinajstić information content (AvgIpc) is 2.33. The summed E-state index contributed by atoms with van der Waals surface area (Å²) < 4.78 is 5.93. The van der Waals surface area contributed by atoms with E-state index in [0.29, 0.717) is 26.3 Å². The summed E-state index contributed by atoms with van der Waals surface area (Å²) in [6.07, 6.45) is 0. The van der Waals surface area contributed by atoms with Crippen molar-refractivity contribution in [3.05, 3.63) is 28.2 Å². The molecule has 1 fully saturated rings. The Balaban J connectivity index is 2.05. The lowest BCUT2D eigenvalue weighted by molar-refractivity contribution is 0.0125. The van der Waals surface area contributed by atoms with Gasteiger partial charge in [0, 0.05) is 17.6 Å². The molecule has 1 aromatic rings. The first-order valence-corrected chi connectivity index (χ1v) is 6.08. The van der Waals surface area contributed by atoms with E-state index in [9.17, 15) is 9.90 Å². The number of phenolic OH excluding ortho intramolecular Hbond substituents is 1. The van der Waals surface area contributed by atoms with Crippen LogP contribution in [0.15, 0.2) is 22.7 Å². The highest BCUT2D eigenvalue weighted by molar-refractivity contribution is 9.10. The van der Waals surface area contributed by atoms with E-state index >= 15 is 0 Å². The number of halogens is 1. The largest absolute Gasteiger partial charge is 0.507 e. The summed E-state index contributed by atoms with van der Waals surface area (Å²) in [5.41, 5.74) is 2.99. The highest BCUT2D eigenvalue weighted by Crippen LogP contribution is 2.21. The second kappa shape index (κ2) is 5.48. The zero-order valence-electron chi connectivity index (χ0n) is 9.15. The molecule has 0 atom stereocenters. The van der Waals surface area contributed by atoms with Crippen LogP contribution in [0, 0.1) is 0 Å². The monoisotopic (exact) mass is 300 g/mol. The number of phenols is 1. The van der Waals surface area contributed by atoms with Crippen LogP contribution >= 0.6 is 15.9 Å². The van der Waals surface area contributed by atoms with Gasteiger partial charge in [-0.25, -0.2) is 5.01 Å². The standard InChI is InChI=1S/C11H13BrN2O3/c12-8-1-2-10(15)9(7-8)11(16)13-14-3-5-17-6-4-14/h1-2,7,15H,3-6H2,(H,13,16). The van der Waals surface area contributed by atoms with Crippen LogP contribution in [0.1, 0.15) is 10.4 Å². The molecule has 1 aliphatic rings. The van der Waals surface area contributed by atoms with Crippen molar-refractivity contribution in [3.8, 4) is 5.75 Å². The van der Waals surface area contributed by atoms with Gasteiger partial charge in [-0.3, -0.25) is 10.2 Å². The van der Waals surface area contributed by atoms with Crippen molar-refractivity contribution >= 4 is 21.8 Å². The Morgan fingerprint density at radius 3 is 2.82 bits per heavy atom. The number of ether oxygens (including phenoxy) is 1. The first-order chi connectivity index (χ1) is 8.16. The number of hydrazine groups is 1. The van der Waals surface area contributed by atoms with E-state index in [-0.39, 0.29) is 17.2 Å². The highest BCUT2D eigenvalue weighted by Gasteiger charge is 2.16. The predicted octanol–water partition coefficient (Wildman–Crippen LogP) is 1.13. The fourth-order valence-corrected chi connectivity index (χ4v) is 1.93. The van der Waals surface area contributed by atoms with Gasteiger partial charge in [0.25, 0.3) is 5.91 Å². The number of hydrogen-bond acceptors (Lipinski definition) is 4. The Labute approximate surface area is 107 Å². The van der Waals surface area contributed by atoms with Crippen LogP contribution in [-0.4, -0.2) is 42.3 Å². The molecule has 17 heavy (non-hydrogen) atoms. The zero-order valence-corrected chi connectivity index (χ0v) is 10.7. The third-order valence-electron chi connectivity index (χ3n) is 2.47. The number of amides is 1. The number of hydrogen-bond donors (Lipinski definition) is 2. The molecule has 1 amide bonds. The van der Waals surface area contributed by atoms with E-state index in [0.717, 1.165) is 4.47 Å². The maximum absolute atomic E-state index is 11.9. The van der Waals surface area contributed by atoms with Gasteiger partial charge < -0.3 is 9.84 Å². The van der Waals surface area contributed by atoms with Crippen molar-refractivity contribution < 1.29 is 14.6 Å². The van der Waals surface area contributed by atoms with E-state index in [4.69, 9.17) is 4.74 Å². The smallest absolute Gasteiger partial charge is 0.269 e.